The highest BCUT2D eigenvalue weighted by Crippen LogP contribution is 2.01. The van der Waals surface area contributed by atoms with Crippen LogP contribution in [0.25, 0.3) is 0 Å². The molecule has 0 amide bonds. The number of rotatable bonds is 5. The summed E-state index contributed by atoms with van der Waals surface area (Å²) in [7, 11) is 3.92. The molecule has 0 aliphatic carbocycles. The van der Waals surface area contributed by atoms with E-state index in [1.54, 1.807) is 7.05 Å². The standard InChI is InChI=1S/C11H24N4OS/c1-12-11(13-4-7-17-3)14-8-10-9-15(2)5-6-16-10/h10H,4-9H2,1-3H3,(H2,12,13,14). The maximum atomic E-state index is 5.68. The van der Waals surface area contributed by atoms with Gasteiger partial charge in [0.1, 0.15) is 0 Å². The maximum Gasteiger partial charge on any atom is 0.191 e. The molecule has 0 aromatic heterocycles. The molecule has 0 saturated carbocycles. The molecule has 1 fully saturated rings. The average molecular weight is 260 g/mol. The van der Waals surface area contributed by atoms with Gasteiger partial charge in [-0.25, -0.2) is 0 Å². The molecule has 1 aliphatic heterocycles. The van der Waals surface area contributed by atoms with Crippen LogP contribution in [0.2, 0.25) is 0 Å². The first-order valence-corrected chi connectivity index (χ1v) is 7.39. The Morgan fingerprint density at radius 3 is 3.00 bits per heavy atom. The van der Waals surface area contributed by atoms with Gasteiger partial charge < -0.3 is 20.3 Å². The summed E-state index contributed by atoms with van der Waals surface area (Å²) in [5.74, 6) is 1.94. The third-order valence-electron chi connectivity index (χ3n) is 2.66. The van der Waals surface area contributed by atoms with Gasteiger partial charge >= 0.3 is 0 Å². The van der Waals surface area contributed by atoms with Gasteiger partial charge in [-0.3, -0.25) is 4.99 Å². The van der Waals surface area contributed by atoms with Gasteiger partial charge in [-0.2, -0.15) is 11.8 Å². The van der Waals surface area contributed by atoms with Crippen LogP contribution in [0.3, 0.4) is 0 Å². The van der Waals surface area contributed by atoms with Crippen molar-refractivity contribution in [1.29, 1.82) is 0 Å². The van der Waals surface area contributed by atoms with E-state index < -0.39 is 0 Å². The minimum atomic E-state index is 0.257. The van der Waals surface area contributed by atoms with Gasteiger partial charge in [-0.05, 0) is 13.3 Å². The lowest BCUT2D eigenvalue weighted by Crippen LogP contribution is -2.48. The van der Waals surface area contributed by atoms with Crippen molar-refractivity contribution >= 4 is 17.7 Å². The number of nitrogens with one attached hydrogen (secondary N) is 2. The van der Waals surface area contributed by atoms with E-state index in [2.05, 4.69) is 33.8 Å². The first-order chi connectivity index (χ1) is 8.26. The molecular formula is C11H24N4OS. The molecule has 1 heterocycles. The molecule has 1 rings (SSSR count). The fourth-order valence-corrected chi connectivity index (χ4v) is 2.00. The number of aliphatic imine (C=N–C) groups is 1. The van der Waals surface area contributed by atoms with Crippen LogP contribution >= 0.6 is 11.8 Å². The van der Waals surface area contributed by atoms with Gasteiger partial charge in [-0.1, -0.05) is 0 Å². The first kappa shape index (κ1) is 14.6. The number of hydrogen-bond donors (Lipinski definition) is 2. The van der Waals surface area contributed by atoms with Crippen LogP contribution in [-0.2, 0) is 4.74 Å². The number of likely N-dealkylation sites (N-methyl/N-ethyl adjacent to an activating group) is 1. The minimum absolute atomic E-state index is 0.257. The summed E-state index contributed by atoms with van der Waals surface area (Å²) >= 11 is 1.82. The number of nitrogens with zero attached hydrogens (tertiary/aromatic N) is 2. The van der Waals surface area contributed by atoms with Gasteiger partial charge in [0.25, 0.3) is 0 Å². The van der Waals surface area contributed by atoms with Crippen molar-refractivity contribution < 1.29 is 4.74 Å². The van der Waals surface area contributed by atoms with Crippen molar-refractivity contribution in [1.82, 2.24) is 15.5 Å². The number of hydrogen-bond acceptors (Lipinski definition) is 4. The van der Waals surface area contributed by atoms with Crippen LogP contribution in [0.5, 0.6) is 0 Å². The fourth-order valence-electron chi connectivity index (χ4n) is 1.69. The Morgan fingerprint density at radius 1 is 1.53 bits per heavy atom. The van der Waals surface area contributed by atoms with Gasteiger partial charge in [0, 0.05) is 39.0 Å². The summed E-state index contributed by atoms with van der Waals surface area (Å²) in [5.41, 5.74) is 0. The van der Waals surface area contributed by atoms with Crippen molar-refractivity contribution in [2.75, 3.05) is 58.9 Å². The van der Waals surface area contributed by atoms with E-state index in [1.165, 1.54) is 0 Å². The smallest absolute Gasteiger partial charge is 0.191 e. The van der Waals surface area contributed by atoms with Crippen molar-refractivity contribution in [2.24, 2.45) is 4.99 Å². The molecular weight excluding hydrogens is 236 g/mol. The van der Waals surface area contributed by atoms with Crippen LogP contribution in [-0.4, -0.2) is 75.9 Å². The molecule has 5 nitrogen and oxygen atoms in total. The summed E-state index contributed by atoms with van der Waals surface area (Å²) in [6, 6.07) is 0. The lowest BCUT2D eigenvalue weighted by atomic mass is 10.3. The van der Waals surface area contributed by atoms with E-state index in [4.69, 9.17) is 4.74 Å². The van der Waals surface area contributed by atoms with E-state index >= 15 is 0 Å². The predicted octanol–water partition coefficient (Wildman–Crippen LogP) is -0.155. The zero-order valence-electron chi connectivity index (χ0n) is 11.0. The molecule has 0 aromatic carbocycles. The number of ether oxygens (including phenoxy) is 1. The quantitative estimate of drug-likeness (QED) is 0.409. The molecule has 0 bridgehead atoms. The van der Waals surface area contributed by atoms with Crippen molar-refractivity contribution in [3.05, 3.63) is 0 Å². The lowest BCUT2D eigenvalue weighted by molar-refractivity contribution is -0.0161. The highest BCUT2D eigenvalue weighted by molar-refractivity contribution is 7.98. The molecule has 0 spiro atoms. The molecule has 1 saturated heterocycles. The van der Waals surface area contributed by atoms with Crippen molar-refractivity contribution in [3.63, 3.8) is 0 Å². The van der Waals surface area contributed by atoms with E-state index in [1.807, 2.05) is 11.8 Å². The highest BCUT2D eigenvalue weighted by Gasteiger charge is 2.17. The summed E-state index contributed by atoms with van der Waals surface area (Å²) in [4.78, 5) is 6.47. The number of morpholine rings is 1. The second kappa shape index (κ2) is 8.60. The molecule has 1 unspecified atom stereocenters. The Labute approximate surface area is 108 Å². The van der Waals surface area contributed by atoms with Crippen LogP contribution in [0.15, 0.2) is 4.99 Å². The Kier molecular flexibility index (Phi) is 7.39. The van der Waals surface area contributed by atoms with E-state index in [-0.39, 0.29) is 6.10 Å². The second-order valence-electron chi connectivity index (χ2n) is 4.13. The highest BCUT2D eigenvalue weighted by atomic mass is 32.2. The van der Waals surface area contributed by atoms with Crippen LogP contribution in [0, 0.1) is 0 Å². The molecule has 17 heavy (non-hydrogen) atoms. The van der Waals surface area contributed by atoms with Gasteiger partial charge in [-0.15, -0.1) is 0 Å². The number of thioether (sulfide) groups is 1. The minimum Gasteiger partial charge on any atom is -0.374 e. The Morgan fingerprint density at radius 2 is 2.35 bits per heavy atom. The van der Waals surface area contributed by atoms with Crippen molar-refractivity contribution in [3.8, 4) is 0 Å². The normalized spacial score (nSPS) is 22.5. The summed E-state index contributed by atoms with van der Waals surface area (Å²) in [6.45, 7) is 4.57. The molecule has 1 aliphatic rings. The maximum absolute atomic E-state index is 5.68. The first-order valence-electron chi connectivity index (χ1n) is 6.00. The summed E-state index contributed by atoms with van der Waals surface area (Å²) in [6.07, 6.45) is 2.36. The fraction of sp³-hybridized carbons (Fsp3) is 0.909. The average Bonchev–Trinajstić information content (AvgIpc) is 2.34. The molecule has 0 aromatic rings. The molecule has 0 radical (unpaired) electrons. The zero-order chi connectivity index (χ0) is 12.5. The Hall–Kier alpha value is -0.460. The lowest BCUT2D eigenvalue weighted by Gasteiger charge is -2.30. The largest absolute Gasteiger partial charge is 0.374 e. The molecule has 1 atom stereocenters. The van der Waals surface area contributed by atoms with E-state index in [0.29, 0.717) is 0 Å². The van der Waals surface area contributed by atoms with E-state index in [0.717, 1.165) is 44.5 Å². The molecule has 100 valence electrons. The third-order valence-corrected chi connectivity index (χ3v) is 3.27. The topological polar surface area (TPSA) is 48.9 Å². The van der Waals surface area contributed by atoms with Gasteiger partial charge in [0.15, 0.2) is 5.96 Å². The zero-order valence-corrected chi connectivity index (χ0v) is 11.8. The van der Waals surface area contributed by atoms with Crippen LogP contribution in [0.4, 0.5) is 0 Å². The van der Waals surface area contributed by atoms with Crippen LogP contribution < -0.4 is 10.6 Å². The summed E-state index contributed by atoms with van der Waals surface area (Å²) in [5, 5.41) is 6.57. The second-order valence-corrected chi connectivity index (χ2v) is 5.11. The monoisotopic (exact) mass is 260 g/mol. The van der Waals surface area contributed by atoms with Crippen molar-refractivity contribution in [2.45, 2.75) is 6.10 Å². The Bertz CT molecular complexity index is 238. The van der Waals surface area contributed by atoms with Gasteiger partial charge in [0.2, 0.25) is 0 Å². The summed E-state index contributed by atoms with van der Waals surface area (Å²) < 4.78 is 5.68. The third kappa shape index (κ3) is 6.14. The molecule has 2 N–H and O–H groups in total. The Balaban J connectivity index is 2.18. The predicted molar refractivity (Wildman–Crippen MR) is 75.0 cm³/mol. The SMILES string of the molecule is CN=C(NCCSC)NCC1CN(C)CCO1. The van der Waals surface area contributed by atoms with E-state index in [9.17, 15) is 0 Å². The molecule has 6 heteroatoms. The van der Waals surface area contributed by atoms with Crippen LogP contribution in [0.1, 0.15) is 0 Å². The number of guanidine groups is 1. The van der Waals surface area contributed by atoms with Gasteiger partial charge in [0.05, 0.1) is 12.7 Å².